The Bertz CT molecular complexity index is 851. The number of nitrogens with zero attached hydrogens (tertiary/aromatic N) is 2. The number of aryl methyl sites for hydroxylation is 1. The Hall–Kier alpha value is -2.56. The van der Waals surface area contributed by atoms with Gasteiger partial charge in [0.2, 0.25) is 5.91 Å². The third-order valence-corrected chi connectivity index (χ3v) is 4.89. The van der Waals surface area contributed by atoms with Crippen LogP contribution in [-0.2, 0) is 11.2 Å². The van der Waals surface area contributed by atoms with E-state index in [-0.39, 0.29) is 5.91 Å². The first-order chi connectivity index (χ1) is 11.7. The molecule has 24 heavy (non-hydrogen) atoms. The molecule has 0 saturated carbocycles. The molecule has 0 spiro atoms. The van der Waals surface area contributed by atoms with Crippen molar-refractivity contribution >= 4 is 16.9 Å². The fraction of sp³-hybridized carbons (Fsp3) is 0.368. The zero-order chi connectivity index (χ0) is 16.5. The second-order valence-electron chi connectivity index (χ2n) is 6.63. The van der Waals surface area contributed by atoms with Crippen LogP contribution in [0.3, 0.4) is 0 Å². The maximum absolute atomic E-state index is 12.7. The second kappa shape index (κ2) is 6.15. The molecule has 5 nitrogen and oxygen atoms in total. The summed E-state index contributed by atoms with van der Waals surface area (Å²) in [6, 6.07) is 8.12. The Morgan fingerprint density at radius 3 is 3.17 bits per heavy atom. The normalized spacial score (nSPS) is 18.2. The summed E-state index contributed by atoms with van der Waals surface area (Å²) in [5, 5.41) is 8.10. The molecule has 1 saturated heterocycles. The molecule has 1 aromatic carbocycles. The predicted octanol–water partition coefficient (Wildman–Crippen LogP) is 3.41. The van der Waals surface area contributed by atoms with Crippen molar-refractivity contribution in [1.82, 2.24) is 15.1 Å². The van der Waals surface area contributed by atoms with Crippen LogP contribution in [0.15, 0.2) is 41.1 Å². The lowest BCUT2D eigenvalue weighted by Crippen LogP contribution is -2.40. The molecule has 1 atom stereocenters. The maximum Gasteiger partial charge on any atom is 0.227 e. The van der Waals surface area contributed by atoms with Gasteiger partial charge in [0, 0.05) is 41.8 Å². The van der Waals surface area contributed by atoms with Crippen LogP contribution in [0.4, 0.5) is 0 Å². The molecular weight excluding hydrogens is 302 g/mol. The molecule has 124 valence electrons. The maximum atomic E-state index is 12.7. The summed E-state index contributed by atoms with van der Waals surface area (Å²) in [5.74, 6) is 0.524. The summed E-state index contributed by atoms with van der Waals surface area (Å²) in [6.07, 6.45) is 6.01. The van der Waals surface area contributed by atoms with Crippen LogP contribution >= 0.6 is 0 Å². The Labute approximate surface area is 140 Å². The van der Waals surface area contributed by atoms with Crippen molar-refractivity contribution in [2.24, 2.45) is 0 Å². The van der Waals surface area contributed by atoms with Gasteiger partial charge in [-0.15, -0.1) is 0 Å². The van der Waals surface area contributed by atoms with Crippen molar-refractivity contribution in [3.63, 3.8) is 0 Å². The van der Waals surface area contributed by atoms with Gasteiger partial charge in [-0.05, 0) is 37.5 Å². The van der Waals surface area contributed by atoms with E-state index >= 15 is 0 Å². The molecule has 0 aliphatic carbocycles. The summed E-state index contributed by atoms with van der Waals surface area (Å²) >= 11 is 0. The number of benzene rings is 1. The number of amides is 1. The predicted molar refractivity (Wildman–Crippen MR) is 91.8 cm³/mol. The van der Waals surface area contributed by atoms with E-state index in [2.05, 4.69) is 16.3 Å². The highest BCUT2D eigenvalue weighted by molar-refractivity contribution is 5.88. The number of carbonyl (C=O) groups excluding carboxylic acids is 1. The van der Waals surface area contributed by atoms with E-state index in [0.717, 1.165) is 53.7 Å². The first kappa shape index (κ1) is 15.0. The van der Waals surface area contributed by atoms with E-state index in [0.29, 0.717) is 12.3 Å². The first-order valence-corrected chi connectivity index (χ1v) is 8.44. The van der Waals surface area contributed by atoms with Crippen LogP contribution in [0, 0.1) is 6.92 Å². The topological polar surface area (TPSA) is 62.1 Å². The van der Waals surface area contributed by atoms with Crippen LogP contribution in [0.1, 0.15) is 35.6 Å². The molecule has 4 rings (SSSR count). The minimum Gasteiger partial charge on any atom is -0.464 e. The van der Waals surface area contributed by atoms with Crippen LogP contribution in [0.5, 0.6) is 0 Å². The second-order valence-corrected chi connectivity index (χ2v) is 6.63. The summed E-state index contributed by atoms with van der Waals surface area (Å²) in [4.78, 5) is 14.7. The van der Waals surface area contributed by atoms with Gasteiger partial charge in [-0.25, -0.2) is 0 Å². The number of hydrogen-bond acceptors (Lipinski definition) is 3. The highest BCUT2D eigenvalue weighted by Crippen LogP contribution is 2.27. The number of H-pyrrole nitrogens is 1. The van der Waals surface area contributed by atoms with Crippen molar-refractivity contribution in [2.45, 2.75) is 32.1 Å². The Morgan fingerprint density at radius 1 is 1.42 bits per heavy atom. The number of aromatic amines is 1. The van der Waals surface area contributed by atoms with E-state index in [1.54, 1.807) is 12.5 Å². The van der Waals surface area contributed by atoms with Crippen LogP contribution < -0.4 is 0 Å². The molecule has 5 heteroatoms. The Balaban J connectivity index is 1.49. The number of aromatic nitrogens is 2. The van der Waals surface area contributed by atoms with Gasteiger partial charge in [0.05, 0.1) is 12.7 Å². The molecule has 1 aliphatic rings. The molecule has 3 aromatic rings. The minimum absolute atomic E-state index is 0.169. The monoisotopic (exact) mass is 323 g/mol. The number of nitrogens with one attached hydrogen (secondary N) is 1. The van der Waals surface area contributed by atoms with Crippen molar-refractivity contribution in [3.8, 4) is 0 Å². The van der Waals surface area contributed by atoms with Gasteiger partial charge in [-0.3, -0.25) is 9.89 Å². The van der Waals surface area contributed by atoms with Crippen molar-refractivity contribution < 1.29 is 9.21 Å². The largest absolute Gasteiger partial charge is 0.464 e. The Kier molecular flexibility index (Phi) is 3.84. The fourth-order valence-corrected chi connectivity index (χ4v) is 3.55. The lowest BCUT2D eigenvalue weighted by atomic mass is 9.94. The van der Waals surface area contributed by atoms with E-state index in [4.69, 9.17) is 4.42 Å². The molecule has 3 heterocycles. The number of hydrogen-bond donors (Lipinski definition) is 1. The molecule has 2 aromatic heterocycles. The average molecular weight is 323 g/mol. The van der Waals surface area contributed by atoms with Crippen molar-refractivity contribution in [2.75, 3.05) is 13.1 Å². The molecule has 0 bridgehead atoms. The average Bonchev–Trinajstić information content (AvgIpc) is 3.25. The van der Waals surface area contributed by atoms with Gasteiger partial charge >= 0.3 is 0 Å². The van der Waals surface area contributed by atoms with Crippen LogP contribution in [0.2, 0.25) is 0 Å². The molecule has 1 aliphatic heterocycles. The van der Waals surface area contributed by atoms with E-state index < -0.39 is 0 Å². The zero-order valence-corrected chi connectivity index (χ0v) is 13.8. The molecular formula is C19H21N3O2. The first-order valence-electron chi connectivity index (χ1n) is 8.44. The third-order valence-electron chi connectivity index (χ3n) is 4.89. The van der Waals surface area contributed by atoms with Gasteiger partial charge in [-0.1, -0.05) is 12.1 Å². The summed E-state index contributed by atoms with van der Waals surface area (Å²) in [7, 11) is 0. The van der Waals surface area contributed by atoms with Gasteiger partial charge in [0.1, 0.15) is 5.58 Å². The van der Waals surface area contributed by atoms with Crippen LogP contribution in [-0.4, -0.2) is 34.1 Å². The van der Waals surface area contributed by atoms with Gasteiger partial charge in [0.25, 0.3) is 0 Å². The summed E-state index contributed by atoms with van der Waals surface area (Å²) < 4.78 is 5.61. The van der Waals surface area contributed by atoms with Crippen LogP contribution in [0.25, 0.3) is 11.0 Å². The zero-order valence-electron chi connectivity index (χ0n) is 13.8. The lowest BCUT2D eigenvalue weighted by molar-refractivity contribution is -0.131. The minimum atomic E-state index is 0.169. The van der Waals surface area contributed by atoms with Gasteiger partial charge < -0.3 is 9.32 Å². The van der Waals surface area contributed by atoms with E-state index in [9.17, 15) is 4.79 Å². The van der Waals surface area contributed by atoms with Crippen molar-refractivity contribution in [1.29, 1.82) is 0 Å². The number of likely N-dealkylation sites (tertiary alicyclic amines) is 1. The highest BCUT2D eigenvalue weighted by Gasteiger charge is 2.26. The van der Waals surface area contributed by atoms with Crippen molar-refractivity contribution in [3.05, 3.63) is 53.5 Å². The summed E-state index contributed by atoms with van der Waals surface area (Å²) in [5.41, 5.74) is 4.11. The molecule has 1 fully saturated rings. The van der Waals surface area contributed by atoms with Gasteiger partial charge in [0.15, 0.2) is 0 Å². The van der Waals surface area contributed by atoms with E-state index in [1.165, 1.54) is 0 Å². The molecule has 0 radical (unpaired) electrons. The number of fused-ring (bicyclic) bond motifs is 1. The number of rotatable bonds is 3. The number of furan rings is 1. The lowest BCUT2D eigenvalue weighted by Gasteiger charge is -2.32. The van der Waals surface area contributed by atoms with Gasteiger partial charge in [-0.2, -0.15) is 5.10 Å². The quantitative estimate of drug-likeness (QED) is 0.803. The summed E-state index contributed by atoms with van der Waals surface area (Å²) in [6.45, 7) is 3.63. The third kappa shape index (κ3) is 2.82. The SMILES string of the molecule is Cc1ccc2c(CC(=O)N3CCCC(c4ccn[nH]4)C3)coc2c1. The number of carbonyl (C=O) groups is 1. The smallest absolute Gasteiger partial charge is 0.227 e. The molecule has 1 unspecified atom stereocenters. The van der Waals surface area contributed by atoms with E-state index in [1.807, 2.05) is 30.0 Å². The highest BCUT2D eigenvalue weighted by atomic mass is 16.3. The molecule has 1 N–H and O–H groups in total. The number of piperidine rings is 1. The fourth-order valence-electron chi connectivity index (χ4n) is 3.55. The Morgan fingerprint density at radius 2 is 2.33 bits per heavy atom. The molecule has 1 amide bonds. The standard InChI is InChI=1S/C19H21N3O2/c1-13-4-5-16-15(12-24-18(16)9-13)10-19(23)22-8-2-3-14(11-22)17-6-7-20-21-17/h4-7,9,12,14H,2-3,8,10-11H2,1H3,(H,20,21).